The van der Waals surface area contributed by atoms with Crippen LogP contribution >= 0.6 is 0 Å². The van der Waals surface area contributed by atoms with Gasteiger partial charge in [-0.2, -0.15) is 0 Å². The van der Waals surface area contributed by atoms with E-state index in [4.69, 9.17) is 9.57 Å². The maximum absolute atomic E-state index is 13.1. The number of hydroxylamine groups is 2. The van der Waals surface area contributed by atoms with Crippen molar-refractivity contribution in [3.63, 3.8) is 0 Å². The van der Waals surface area contributed by atoms with Gasteiger partial charge in [-0.3, -0.25) is 14.3 Å². The van der Waals surface area contributed by atoms with Gasteiger partial charge in [-0.05, 0) is 41.5 Å². The molecule has 0 unspecified atom stereocenters. The number of carbonyl (C=O) groups excluding carboxylic acids is 4. The summed E-state index contributed by atoms with van der Waals surface area (Å²) in [5.74, 6) is -2.49. The number of quaternary nitrogens is 1. The standard InChI is InChI=1S/C31H36BF3N6O6/c1-41(2,20-32(33,34)35)18-21-17-39(38-37-21)16-8-7-13-27(30(44)47-40-28(42)14-15-29(40)43)36-31(45)46-19-26-24-11-5-3-9-22(24)23-10-4-6-12-25(23)26/h3-6,9-12,17,26-27H,7-8,13-16,18-20H2,1-2H3,(H,36,45)/t27-/m0/s1. The Kier molecular flexibility index (Phi) is 9.98. The fourth-order valence-corrected chi connectivity index (χ4v) is 6.05. The molecule has 0 saturated carbocycles. The highest BCUT2D eigenvalue weighted by atomic mass is 19.4. The second-order valence-electron chi connectivity index (χ2n) is 12.5. The van der Waals surface area contributed by atoms with E-state index in [2.05, 4.69) is 15.6 Å². The van der Waals surface area contributed by atoms with E-state index < -0.39 is 43.3 Å². The van der Waals surface area contributed by atoms with Crippen molar-refractivity contribution < 1.29 is 46.2 Å². The first-order valence-electron chi connectivity index (χ1n) is 15.4. The van der Waals surface area contributed by atoms with Crippen molar-refractivity contribution in [3.8, 4) is 11.1 Å². The van der Waals surface area contributed by atoms with Crippen molar-refractivity contribution in [1.82, 2.24) is 25.4 Å². The monoisotopic (exact) mass is 656 g/mol. The molecule has 47 heavy (non-hydrogen) atoms. The molecule has 0 spiro atoms. The molecule has 250 valence electrons. The molecule has 2 aromatic carbocycles. The van der Waals surface area contributed by atoms with E-state index in [0.717, 1.165) is 22.3 Å². The first-order chi connectivity index (χ1) is 22.3. The van der Waals surface area contributed by atoms with Gasteiger partial charge in [0, 0.05) is 25.3 Å². The van der Waals surface area contributed by atoms with Gasteiger partial charge in [0.25, 0.3) is 11.8 Å². The number of nitrogens with zero attached hydrogens (tertiary/aromatic N) is 5. The minimum absolute atomic E-state index is 0.0127. The van der Waals surface area contributed by atoms with Crippen LogP contribution in [0.2, 0.25) is 0 Å². The number of imide groups is 1. The molecule has 1 fully saturated rings. The molecule has 1 N–H and O–H groups in total. The first kappa shape index (κ1) is 33.6. The average Bonchev–Trinajstić information content (AvgIpc) is 3.67. The number of amides is 3. The molecule has 2 heterocycles. The van der Waals surface area contributed by atoms with Crippen molar-refractivity contribution in [2.45, 2.75) is 57.2 Å². The number of benzene rings is 2. The molecule has 2 aliphatic rings. The number of rotatable bonds is 14. The summed E-state index contributed by atoms with van der Waals surface area (Å²) < 4.78 is 45.6. The maximum atomic E-state index is 13.1. The molecule has 5 rings (SSSR count). The zero-order valence-electron chi connectivity index (χ0n) is 26.1. The van der Waals surface area contributed by atoms with Crippen molar-refractivity contribution in [2.24, 2.45) is 0 Å². The van der Waals surface area contributed by atoms with Crippen LogP contribution in [0.4, 0.5) is 17.7 Å². The van der Waals surface area contributed by atoms with E-state index in [1.807, 2.05) is 48.5 Å². The number of aryl methyl sites for hydroxylation is 1. The smallest absolute Gasteiger partial charge is 0.449 e. The van der Waals surface area contributed by atoms with Crippen LogP contribution in [0.5, 0.6) is 0 Å². The Morgan fingerprint density at radius 3 is 2.23 bits per heavy atom. The van der Waals surface area contributed by atoms with Crippen LogP contribution in [0.1, 0.15) is 54.8 Å². The highest BCUT2D eigenvalue weighted by Gasteiger charge is 2.36. The Morgan fingerprint density at radius 1 is 1.00 bits per heavy atom. The largest absolute Gasteiger partial charge is 0.531 e. The lowest BCUT2D eigenvalue weighted by Gasteiger charge is -2.33. The Labute approximate surface area is 269 Å². The van der Waals surface area contributed by atoms with Crippen LogP contribution in [0.3, 0.4) is 0 Å². The summed E-state index contributed by atoms with van der Waals surface area (Å²) in [5.41, 5.74) is 4.56. The van der Waals surface area contributed by atoms with Gasteiger partial charge < -0.3 is 32.3 Å². The number of nitrogens with one attached hydrogen (secondary N) is 1. The van der Waals surface area contributed by atoms with Gasteiger partial charge in [-0.1, -0.05) is 53.7 Å². The summed E-state index contributed by atoms with van der Waals surface area (Å²) >= 11 is 0. The van der Waals surface area contributed by atoms with Crippen LogP contribution in [-0.4, -0.2) is 88.6 Å². The van der Waals surface area contributed by atoms with E-state index in [0.29, 0.717) is 30.1 Å². The van der Waals surface area contributed by atoms with Gasteiger partial charge in [0.05, 0.1) is 26.7 Å². The van der Waals surface area contributed by atoms with Crippen molar-refractivity contribution in [2.75, 3.05) is 27.1 Å². The molecule has 1 atom stereocenters. The lowest BCUT2D eigenvalue weighted by Crippen LogP contribution is -2.48. The Morgan fingerprint density at radius 2 is 1.62 bits per heavy atom. The number of hydrogen-bond acceptors (Lipinski definition) is 8. The minimum atomic E-state index is -4.97. The second kappa shape index (κ2) is 14.0. The molecule has 16 heteroatoms. The first-order valence-corrected chi connectivity index (χ1v) is 15.4. The summed E-state index contributed by atoms with van der Waals surface area (Å²) in [7, 11) is 2.95. The third-order valence-electron chi connectivity index (χ3n) is 8.11. The van der Waals surface area contributed by atoms with E-state index in [1.165, 1.54) is 18.8 Å². The average molecular weight is 656 g/mol. The number of unbranched alkanes of at least 4 members (excludes halogenated alkanes) is 1. The number of alkyl carbamates (subject to hydrolysis) is 1. The summed E-state index contributed by atoms with van der Waals surface area (Å²) in [5, 5.41) is 10.9. The van der Waals surface area contributed by atoms with E-state index >= 15 is 0 Å². The predicted octanol–water partition coefficient (Wildman–Crippen LogP) is 3.93. The quantitative estimate of drug-likeness (QED) is 0.120. The SMILES string of the molecule is C[N+](C)(Cc1cn(CCCC[C@H](NC(=O)OCC2c3ccccc3-c3ccccc32)C(=O)ON2C(=O)CCC2=O)nn1)C[B-](F)(F)F. The number of ether oxygens (including phenoxy) is 1. The zero-order chi connectivity index (χ0) is 33.8. The Balaban J connectivity index is 1.18. The normalized spacial score (nSPS) is 15.4. The van der Waals surface area contributed by atoms with E-state index in [1.54, 1.807) is 6.20 Å². The highest BCUT2D eigenvalue weighted by Crippen LogP contribution is 2.44. The van der Waals surface area contributed by atoms with Crippen LogP contribution < -0.4 is 5.32 Å². The number of hydrogen-bond donors (Lipinski definition) is 1. The molecule has 12 nitrogen and oxygen atoms in total. The van der Waals surface area contributed by atoms with Crippen molar-refractivity contribution >= 4 is 30.9 Å². The molecule has 0 bridgehead atoms. The second-order valence-corrected chi connectivity index (χ2v) is 12.5. The molecular formula is C31H36BF3N6O6. The number of halogens is 3. The fourth-order valence-electron chi connectivity index (χ4n) is 6.05. The topological polar surface area (TPSA) is 133 Å². The van der Waals surface area contributed by atoms with Crippen LogP contribution in [0, 0.1) is 0 Å². The van der Waals surface area contributed by atoms with E-state index in [9.17, 15) is 32.1 Å². The van der Waals surface area contributed by atoms with Gasteiger partial charge in [-0.15, -0.1) is 10.2 Å². The third kappa shape index (κ3) is 8.55. The van der Waals surface area contributed by atoms with Gasteiger partial charge in [0.15, 0.2) is 0 Å². The Hall–Kier alpha value is -4.73. The lowest BCUT2D eigenvalue weighted by molar-refractivity contribution is -0.895. The van der Waals surface area contributed by atoms with Crippen LogP contribution in [0.25, 0.3) is 11.1 Å². The molecule has 1 aliphatic carbocycles. The summed E-state index contributed by atoms with van der Waals surface area (Å²) in [4.78, 5) is 55.2. The molecule has 3 amide bonds. The summed E-state index contributed by atoms with van der Waals surface area (Å²) in [6.45, 7) is -4.56. The third-order valence-corrected chi connectivity index (χ3v) is 8.11. The van der Waals surface area contributed by atoms with Crippen molar-refractivity contribution in [3.05, 3.63) is 71.5 Å². The van der Waals surface area contributed by atoms with Crippen molar-refractivity contribution in [1.29, 1.82) is 0 Å². The van der Waals surface area contributed by atoms with Crippen LogP contribution in [0.15, 0.2) is 54.7 Å². The molecule has 1 aliphatic heterocycles. The number of carbonyl (C=O) groups is 4. The predicted molar refractivity (Wildman–Crippen MR) is 163 cm³/mol. The Bertz CT molecular complexity index is 1590. The molecule has 1 saturated heterocycles. The molecule has 0 radical (unpaired) electrons. The molecular weight excluding hydrogens is 620 g/mol. The lowest BCUT2D eigenvalue weighted by atomic mass is 9.90. The highest BCUT2D eigenvalue weighted by molar-refractivity contribution is 6.58. The zero-order valence-corrected chi connectivity index (χ0v) is 26.1. The fraction of sp³-hybridized carbons (Fsp3) is 0.419. The molecule has 1 aromatic heterocycles. The summed E-state index contributed by atoms with van der Waals surface area (Å²) in [6.07, 6.45) is 0.522. The van der Waals surface area contributed by atoms with E-state index in [-0.39, 0.29) is 42.8 Å². The molecule has 3 aromatic rings. The van der Waals surface area contributed by atoms with Crippen LogP contribution in [-0.2, 0) is 37.0 Å². The van der Waals surface area contributed by atoms with Gasteiger partial charge in [0.1, 0.15) is 24.9 Å². The minimum Gasteiger partial charge on any atom is -0.449 e. The number of aromatic nitrogens is 3. The van der Waals surface area contributed by atoms with Gasteiger partial charge >= 0.3 is 19.0 Å². The van der Waals surface area contributed by atoms with Gasteiger partial charge in [0.2, 0.25) is 0 Å². The number of fused-ring (bicyclic) bond motifs is 3. The summed E-state index contributed by atoms with van der Waals surface area (Å²) in [6, 6.07) is 14.5. The van der Waals surface area contributed by atoms with Gasteiger partial charge in [-0.25, -0.2) is 9.59 Å². The maximum Gasteiger partial charge on any atom is 0.531 e.